The summed E-state index contributed by atoms with van der Waals surface area (Å²) < 4.78 is 45.7. The number of amides is 1. The number of alkyl halides is 3. The number of carbonyl (C=O) groups excluding carboxylic acids is 1. The summed E-state index contributed by atoms with van der Waals surface area (Å²) in [6.07, 6.45) is -4.77. The van der Waals surface area contributed by atoms with Crippen LogP contribution in [0.1, 0.15) is 11.5 Å². The molecule has 1 aromatic carbocycles. The lowest BCUT2D eigenvalue weighted by Gasteiger charge is -2.09. The fourth-order valence-corrected chi connectivity index (χ4v) is 2.84. The number of nitrogens with zero attached hydrogens (tertiary/aromatic N) is 1. The van der Waals surface area contributed by atoms with E-state index in [-0.39, 0.29) is 18.1 Å². The van der Waals surface area contributed by atoms with Gasteiger partial charge in [0, 0.05) is 5.69 Å². The summed E-state index contributed by atoms with van der Waals surface area (Å²) in [6.45, 7) is 1.72. The first-order valence-electron chi connectivity index (χ1n) is 7.46. The highest BCUT2D eigenvalue weighted by atomic mass is 32.1. The second-order valence-electron chi connectivity index (χ2n) is 5.30. The minimum absolute atomic E-state index is 0.0124. The van der Waals surface area contributed by atoms with Crippen molar-refractivity contribution in [1.82, 2.24) is 4.98 Å². The summed E-state index contributed by atoms with van der Waals surface area (Å²) in [6, 6.07) is 8.64. The average Bonchev–Trinajstić information content (AvgIpc) is 3.18. The summed E-state index contributed by atoms with van der Waals surface area (Å²) in [5, 5.41) is 4.49. The van der Waals surface area contributed by atoms with Gasteiger partial charge >= 0.3 is 6.36 Å². The predicted molar refractivity (Wildman–Crippen MR) is 90.0 cm³/mol. The van der Waals surface area contributed by atoms with Crippen molar-refractivity contribution in [3.8, 4) is 16.5 Å². The standard InChI is InChI=1S/C17H13F3N2O3S/c1-10-13(22-16(24-10)14-3-2-8-26-14)9-15(23)21-11-4-6-12(7-5-11)25-17(18,19)20/h2-8H,9H2,1H3,(H,21,23). The first-order valence-corrected chi connectivity index (χ1v) is 8.34. The maximum absolute atomic E-state index is 12.1. The fraction of sp³-hybridized carbons (Fsp3) is 0.176. The van der Waals surface area contributed by atoms with Gasteiger partial charge in [0.25, 0.3) is 0 Å². The quantitative estimate of drug-likeness (QED) is 0.689. The van der Waals surface area contributed by atoms with E-state index in [1.165, 1.54) is 23.5 Å². The average molecular weight is 382 g/mol. The van der Waals surface area contributed by atoms with E-state index in [1.807, 2.05) is 17.5 Å². The number of benzene rings is 1. The van der Waals surface area contributed by atoms with Crippen molar-refractivity contribution in [3.05, 3.63) is 53.2 Å². The second-order valence-corrected chi connectivity index (χ2v) is 6.24. The summed E-state index contributed by atoms with van der Waals surface area (Å²) in [7, 11) is 0. The molecule has 2 aromatic heterocycles. The van der Waals surface area contributed by atoms with Crippen molar-refractivity contribution in [2.24, 2.45) is 0 Å². The normalized spacial score (nSPS) is 11.4. The number of carbonyl (C=O) groups is 1. The van der Waals surface area contributed by atoms with Crippen molar-refractivity contribution < 1.29 is 27.1 Å². The molecule has 2 heterocycles. The van der Waals surface area contributed by atoms with Crippen LogP contribution in [0.2, 0.25) is 0 Å². The van der Waals surface area contributed by atoms with Crippen LogP contribution in [0.3, 0.4) is 0 Å². The number of aryl methyl sites for hydroxylation is 1. The van der Waals surface area contributed by atoms with Gasteiger partial charge < -0.3 is 14.5 Å². The zero-order chi connectivity index (χ0) is 18.7. The van der Waals surface area contributed by atoms with E-state index in [0.717, 1.165) is 17.0 Å². The summed E-state index contributed by atoms with van der Waals surface area (Å²) >= 11 is 1.48. The second kappa shape index (κ2) is 7.20. The number of thiophene rings is 1. The molecule has 0 fully saturated rings. The Kier molecular flexibility index (Phi) is 4.99. The van der Waals surface area contributed by atoms with Gasteiger partial charge in [0.15, 0.2) is 0 Å². The Bertz CT molecular complexity index is 887. The number of ether oxygens (including phenoxy) is 1. The van der Waals surface area contributed by atoms with Crippen LogP contribution in [-0.4, -0.2) is 17.3 Å². The summed E-state index contributed by atoms with van der Waals surface area (Å²) in [4.78, 5) is 17.3. The van der Waals surface area contributed by atoms with Crippen LogP contribution in [0, 0.1) is 6.92 Å². The first-order chi connectivity index (χ1) is 12.3. The lowest BCUT2D eigenvalue weighted by atomic mass is 10.2. The number of aromatic nitrogens is 1. The van der Waals surface area contributed by atoms with E-state index >= 15 is 0 Å². The smallest absolute Gasteiger partial charge is 0.440 e. The van der Waals surface area contributed by atoms with Crippen molar-refractivity contribution in [2.75, 3.05) is 5.32 Å². The maximum atomic E-state index is 12.1. The summed E-state index contributed by atoms with van der Waals surface area (Å²) in [5.74, 6) is 0.276. The molecule has 3 rings (SSSR count). The van der Waals surface area contributed by atoms with Crippen LogP contribution in [0.4, 0.5) is 18.9 Å². The van der Waals surface area contributed by atoms with Crippen LogP contribution >= 0.6 is 11.3 Å². The molecule has 0 aliphatic heterocycles. The molecule has 0 atom stereocenters. The van der Waals surface area contributed by atoms with Gasteiger partial charge in [0.2, 0.25) is 11.8 Å². The Morgan fingerprint density at radius 1 is 1.27 bits per heavy atom. The zero-order valence-electron chi connectivity index (χ0n) is 13.5. The maximum Gasteiger partial charge on any atom is 0.573 e. The molecule has 0 spiro atoms. The molecular formula is C17H13F3N2O3S. The van der Waals surface area contributed by atoms with Gasteiger partial charge in [-0.25, -0.2) is 4.98 Å². The molecule has 0 bridgehead atoms. The van der Waals surface area contributed by atoms with Crippen LogP contribution in [0.25, 0.3) is 10.8 Å². The molecule has 0 aliphatic carbocycles. The highest BCUT2D eigenvalue weighted by molar-refractivity contribution is 7.13. The number of oxazole rings is 1. The third-order valence-electron chi connectivity index (χ3n) is 3.32. The van der Waals surface area contributed by atoms with Crippen LogP contribution in [0.5, 0.6) is 5.75 Å². The fourth-order valence-electron chi connectivity index (χ4n) is 2.19. The molecule has 5 nitrogen and oxygen atoms in total. The van der Waals surface area contributed by atoms with Gasteiger partial charge in [0.1, 0.15) is 11.5 Å². The van der Waals surface area contributed by atoms with Crippen molar-refractivity contribution in [1.29, 1.82) is 0 Å². The molecule has 136 valence electrons. The first kappa shape index (κ1) is 18.0. The third kappa shape index (κ3) is 4.63. The molecule has 1 N–H and O–H groups in total. The van der Waals surface area contributed by atoms with Gasteiger partial charge in [-0.2, -0.15) is 0 Å². The Morgan fingerprint density at radius 2 is 2.00 bits per heavy atom. The number of rotatable bonds is 5. The molecule has 0 unspecified atom stereocenters. The number of anilines is 1. The lowest BCUT2D eigenvalue weighted by molar-refractivity contribution is -0.274. The van der Waals surface area contributed by atoms with Crippen molar-refractivity contribution in [3.63, 3.8) is 0 Å². The largest absolute Gasteiger partial charge is 0.573 e. The van der Waals surface area contributed by atoms with Crippen LogP contribution in [-0.2, 0) is 11.2 Å². The molecule has 3 aromatic rings. The monoisotopic (exact) mass is 382 g/mol. The van der Waals surface area contributed by atoms with E-state index in [9.17, 15) is 18.0 Å². The minimum Gasteiger partial charge on any atom is -0.440 e. The Labute approximate surface area is 150 Å². The molecular weight excluding hydrogens is 369 g/mol. The molecule has 0 saturated heterocycles. The highest BCUT2D eigenvalue weighted by Crippen LogP contribution is 2.27. The number of nitrogens with one attached hydrogen (secondary N) is 1. The van der Waals surface area contributed by atoms with E-state index in [4.69, 9.17) is 4.42 Å². The van der Waals surface area contributed by atoms with Gasteiger partial charge in [-0.15, -0.1) is 24.5 Å². The molecule has 26 heavy (non-hydrogen) atoms. The third-order valence-corrected chi connectivity index (χ3v) is 4.18. The lowest BCUT2D eigenvalue weighted by Crippen LogP contribution is -2.17. The van der Waals surface area contributed by atoms with E-state index in [2.05, 4.69) is 15.0 Å². The molecule has 1 amide bonds. The molecule has 0 radical (unpaired) electrons. The topological polar surface area (TPSA) is 64.4 Å². The molecule has 0 aliphatic rings. The number of hydrogen-bond donors (Lipinski definition) is 1. The van der Waals surface area contributed by atoms with Gasteiger partial charge in [0.05, 0.1) is 17.0 Å². The van der Waals surface area contributed by atoms with E-state index < -0.39 is 6.36 Å². The Morgan fingerprint density at radius 3 is 2.62 bits per heavy atom. The van der Waals surface area contributed by atoms with Crippen LogP contribution < -0.4 is 10.1 Å². The molecule has 0 saturated carbocycles. The van der Waals surface area contributed by atoms with Gasteiger partial charge in [-0.05, 0) is 42.6 Å². The minimum atomic E-state index is -4.75. The SMILES string of the molecule is Cc1oc(-c2cccs2)nc1CC(=O)Nc1ccc(OC(F)(F)F)cc1. The zero-order valence-corrected chi connectivity index (χ0v) is 14.3. The van der Waals surface area contributed by atoms with Crippen LogP contribution in [0.15, 0.2) is 46.2 Å². The van der Waals surface area contributed by atoms with E-state index in [1.54, 1.807) is 6.92 Å². The highest BCUT2D eigenvalue weighted by Gasteiger charge is 2.31. The van der Waals surface area contributed by atoms with Gasteiger partial charge in [-0.1, -0.05) is 6.07 Å². The Hall–Kier alpha value is -2.81. The number of hydrogen-bond acceptors (Lipinski definition) is 5. The summed E-state index contributed by atoms with van der Waals surface area (Å²) in [5.41, 5.74) is 0.854. The molecule has 9 heteroatoms. The van der Waals surface area contributed by atoms with Crippen molar-refractivity contribution in [2.45, 2.75) is 19.7 Å². The number of halogens is 3. The van der Waals surface area contributed by atoms with Gasteiger partial charge in [-0.3, -0.25) is 4.79 Å². The Balaban J connectivity index is 1.62. The van der Waals surface area contributed by atoms with E-state index in [0.29, 0.717) is 23.0 Å². The van der Waals surface area contributed by atoms with Crippen molar-refractivity contribution >= 4 is 22.9 Å². The predicted octanol–water partition coefficient (Wildman–Crippen LogP) is 4.79.